The molecule has 3 nitrogen and oxygen atoms in total. The van der Waals surface area contributed by atoms with E-state index in [0.717, 1.165) is 17.5 Å². The van der Waals surface area contributed by atoms with Gasteiger partial charge in [-0.15, -0.1) is 0 Å². The Morgan fingerprint density at radius 3 is 2.19 bits per heavy atom. The first kappa shape index (κ1) is 15.6. The molecule has 0 aromatic heterocycles. The number of benzene rings is 2. The van der Waals surface area contributed by atoms with Crippen LogP contribution < -0.4 is 4.18 Å². The SMILES string of the molecule is CCc1cccc(OS(=O)(=O)c2c(C)cc(C)cc2C)c1. The van der Waals surface area contributed by atoms with Crippen molar-refractivity contribution in [2.24, 2.45) is 0 Å². The van der Waals surface area contributed by atoms with Crippen molar-refractivity contribution in [3.05, 3.63) is 58.7 Å². The molecule has 0 saturated carbocycles. The van der Waals surface area contributed by atoms with Crippen molar-refractivity contribution in [2.75, 3.05) is 0 Å². The van der Waals surface area contributed by atoms with Gasteiger partial charge in [0.1, 0.15) is 10.6 Å². The number of rotatable bonds is 4. The molecule has 0 bridgehead atoms. The number of hydrogen-bond donors (Lipinski definition) is 0. The van der Waals surface area contributed by atoms with Crippen LogP contribution in [0.4, 0.5) is 0 Å². The minimum Gasteiger partial charge on any atom is -0.379 e. The Hall–Kier alpha value is -1.81. The molecule has 2 aromatic rings. The van der Waals surface area contributed by atoms with Crippen LogP contribution in [-0.2, 0) is 16.5 Å². The summed E-state index contributed by atoms with van der Waals surface area (Å²) in [6.07, 6.45) is 0.833. The van der Waals surface area contributed by atoms with Gasteiger partial charge in [-0.1, -0.05) is 36.8 Å². The van der Waals surface area contributed by atoms with Crippen LogP contribution >= 0.6 is 0 Å². The van der Waals surface area contributed by atoms with Crippen LogP contribution in [0.3, 0.4) is 0 Å². The van der Waals surface area contributed by atoms with Gasteiger partial charge in [0.15, 0.2) is 0 Å². The van der Waals surface area contributed by atoms with Gasteiger partial charge < -0.3 is 4.18 Å². The fraction of sp³-hybridized carbons (Fsp3) is 0.294. The Balaban J connectivity index is 2.43. The second-order valence-corrected chi connectivity index (χ2v) is 6.75. The lowest BCUT2D eigenvalue weighted by Crippen LogP contribution is -2.13. The molecule has 0 radical (unpaired) electrons. The van der Waals surface area contributed by atoms with Crippen molar-refractivity contribution in [1.29, 1.82) is 0 Å². The largest absolute Gasteiger partial charge is 0.379 e. The molecule has 0 saturated heterocycles. The topological polar surface area (TPSA) is 43.4 Å². The van der Waals surface area contributed by atoms with Crippen LogP contribution in [0.25, 0.3) is 0 Å². The Morgan fingerprint density at radius 1 is 1.00 bits per heavy atom. The minimum atomic E-state index is -3.82. The first-order chi connectivity index (χ1) is 9.83. The fourth-order valence-corrected chi connectivity index (χ4v) is 3.89. The zero-order valence-corrected chi connectivity index (χ0v) is 13.6. The maximum absolute atomic E-state index is 12.5. The molecular formula is C17H20O3S. The Morgan fingerprint density at radius 2 is 1.62 bits per heavy atom. The van der Waals surface area contributed by atoms with E-state index in [-0.39, 0.29) is 4.90 Å². The van der Waals surface area contributed by atoms with Crippen molar-refractivity contribution in [3.63, 3.8) is 0 Å². The van der Waals surface area contributed by atoms with Crippen molar-refractivity contribution in [1.82, 2.24) is 0 Å². The summed E-state index contributed by atoms with van der Waals surface area (Å²) < 4.78 is 30.4. The van der Waals surface area contributed by atoms with E-state index in [1.165, 1.54) is 0 Å². The zero-order chi connectivity index (χ0) is 15.6. The van der Waals surface area contributed by atoms with E-state index in [1.807, 2.05) is 32.0 Å². The van der Waals surface area contributed by atoms with Gasteiger partial charge in [-0.2, -0.15) is 8.42 Å². The van der Waals surface area contributed by atoms with E-state index in [9.17, 15) is 8.42 Å². The van der Waals surface area contributed by atoms with Crippen LogP contribution in [0.1, 0.15) is 29.2 Å². The van der Waals surface area contributed by atoms with Crippen molar-refractivity contribution in [3.8, 4) is 5.75 Å². The molecule has 0 atom stereocenters. The molecule has 2 aromatic carbocycles. The predicted molar refractivity (Wildman–Crippen MR) is 84.3 cm³/mol. The highest BCUT2D eigenvalue weighted by Gasteiger charge is 2.22. The van der Waals surface area contributed by atoms with Gasteiger partial charge in [0.05, 0.1) is 0 Å². The standard InChI is InChI=1S/C17H20O3S/c1-5-15-7-6-8-16(11-15)20-21(18,19)17-13(3)9-12(2)10-14(17)4/h6-11H,5H2,1-4H3. The second kappa shape index (κ2) is 5.90. The van der Waals surface area contributed by atoms with Crippen LogP contribution in [0, 0.1) is 20.8 Å². The molecule has 21 heavy (non-hydrogen) atoms. The average Bonchev–Trinajstić information content (AvgIpc) is 2.36. The Labute approximate surface area is 126 Å². The molecule has 0 aliphatic heterocycles. The first-order valence-electron chi connectivity index (χ1n) is 6.94. The molecule has 112 valence electrons. The van der Waals surface area contributed by atoms with Gasteiger partial charge in [-0.25, -0.2) is 0 Å². The van der Waals surface area contributed by atoms with E-state index in [0.29, 0.717) is 16.9 Å². The molecule has 0 fully saturated rings. The Bertz CT molecular complexity index is 738. The summed E-state index contributed by atoms with van der Waals surface area (Å²) in [5.41, 5.74) is 3.50. The second-order valence-electron chi connectivity index (χ2n) is 5.27. The van der Waals surface area contributed by atoms with Crippen LogP contribution in [-0.4, -0.2) is 8.42 Å². The van der Waals surface area contributed by atoms with E-state index >= 15 is 0 Å². The average molecular weight is 304 g/mol. The molecule has 0 spiro atoms. The van der Waals surface area contributed by atoms with E-state index in [4.69, 9.17) is 4.18 Å². The van der Waals surface area contributed by atoms with Crippen molar-refractivity contribution >= 4 is 10.1 Å². The summed E-state index contributed by atoms with van der Waals surface area (Å²) in [7, 11) is -3.82. The highest BCUT2D eigenvalue weighted by atomic mass is 32.2. The maximum atomic E-state index is 12.5. The summed E-state index contributed by atoms with van der Waals surface area (Å²) in [5, 5.41) is 0. The van der Waals surface area contributed by atoms with Crippen molar-refractivity contribution < 1.29 is 12.6 Å². The summed E-state index contributed by atoms with van der Waals surface area (Å²) in [6.45, 7) is 7.54. The van der Waals surface area contributed by atoms with Gasteiger partial charge in [0.25, 0.3) is 0 Å². The van der Waals surface area contributed by atoms with E-state index in [2.05, 4.69) is 0 Å². The molecule has 4 heteroatoms. The normalized spacial score (nSPS) is 11.4. The van der Waals surface area contributed by atoms with Gasteiger partial charge in [-0.3, -0.25) is 0 Å². The van der Waals surface area contributed by atoms with Gasteiger partial charge in [0, 0.05) is 0 Å². The van der Waals surface area contributed by atoms with Crippen LogP contribution in [0.5, 0.6) is 5.75 Å². The Kier molecular flexibility index (Phi) is 4.37. The summed E-state index contributed by atoms with van der Waals surface area (Å²) >= 11 is 0. The highest BCUT2D eigenvalue weighted by Crippen LogP contribution is 2.26. The third kappa shape index (κ3) is 3.45. The summed E-state index contributed by atoms with van der Waals surface area (Å²) in [4.78, 5) is 0.259. The number of hydrogen-bond acceptors (Lipinski definition) is 3. The van der Waals surface area contributed by atoms with Gasteiger partial charge >= 0.3 is 10.1 Å². The van der Waals surface area contributed by atoms with E-state index < -0.39 is 10.1 Å². The monoisotopic (exact) mass is 304 g/mol. The molecular weight excluding hydrogens is 284 g/mol. The van der Waals surface area contributed by atoms with Crippen molar-refractivity contribution in [2.45, 2.75) is 39.0 Å². The molecule has 0 amide bonds. The highest BCUT2D eigenvalue weighted by molar-refractivity contribution is 7.87. The molecule has 2 rings (SSSR count). The maximum Gasteiger partial charge on any atom is 0.339 e. The first-order valence-corrected chi connectivity index (χ1v) is 8.35. The molecule has 0 N–H and O–H groups in total. The summed E-state index contributed by atoms with van der Waals surface area (Å²) in [5.74, 6) is 0.355. The third-order valence-electron chi connectivity index (χ3n) is 3.37. The lowest BCUT2D eigenvalue weighted by molar-refractivity contribution is 0.484. The van der Waals surface area contributed by atoms with Gasteiger partial charge in [0.2, 0.25) is 0 Å². The minimum absolute atomic E-state index is 0.259. The van der Waals surface area contributed by atoms with Crippen LogP contribution in [0.15, 0.2) is 41.3 Å². The van der Waals surface area contributed by atoms with E-state index in [1.54, 1.807) is 32.0 Å². The molecule has 0 aliphatic rings. The molecule has 0 unspecified atom stereocenters. The molecule has 0 heterocycles. The predicted octanol–water partition coefficient (Wildman–Crippen LogP) is 3.94. The lowest BCUT2D eigenvalue weighted by atomic mass is 10.1. The molecule has 0 aliphatic carbocycles. The number of aryl methyl sites for hydroxylation is 4. The zero-order valence-electron chi connectivity index (χ0n) is 12.8. The third-order valence-corrected chi connectivity index (χ3v) is 4.92. The quantitative estimate of drug-likeness (QED) is 0.804. The fourth-order valence-electron chi connectivity index (χ4n) is 2.55. The van der Waals surface area contributed by atoms with Crippen LogP contribution in [0.2, 0.25) is 0 Å². The van der Waals surface area contributed by atoms with Gasteiger partial charge in [-0.05, 0) is 56.0 Å². The lowest BCUT2D eigenvalue weighted by Gasteiger charge is -2.13. The smallest absolute Gasteiger partial charge is 0.339 e. The summed E-state index contributed by atoms with van der Waals surface area (Å²) in [6, 6.07) is 10.9.